The fraction of sp³-hybridized carbons (Fsp3) is 0.724. The van der Waals surface area contributed by atoms with Gasteiger partial charge in [0.15, 0.2) is 5.78 Å². The third-order valence-corrected chi connectivity index (χ3v) is 10.8. The SMILES string of the molecule is COCC1=C(C)C[C@H]([C@@H](CO)C2CCC3C4C[C@@H](O)C5=CC=CC(=O)[C@]5(C)C4CC[C@@]32C)OC1=O. The zero-order valence-corrected chi connectivity index (χ0v) is 21.5. The van der Waals surface area contributed by atoms with Crippen LogP contribution in [-0.2, 0) is 19.1 Å². The summed E-state index contributed by atoms with van der Waals surface area (Å²) in [6.45, 7) is 6.60. The normalized spacial score (nSPS) is 43.8. The molecular weight excluding hydrogens is 444 g/mol. The van der Waals surface area contributed by atoms with Crippen molar-refractivity contribution in [3.63, 3.8) is 0 Å². The minimum atomic E-state index is -0.620. The van der Waals surface area contributed by atoms with Crippen molar-refractivity contribution in [1.82, 2.24) is 0 Å². The molecule has 0 bridgehead atoms. The average Bonchev–Trinajstić information content (AvgIpc) is 3.16. The van der Waals surface area contributed by atoms with E-state index in [1.807, 2.05) is 19.9 Å². The lowest BCUT2D eigenvalue weighted by Gasteiger charge is -2.58. The van der Waals surface area contributed by atoms with Crippen LogP contribution in [0.25, 0.3) is 0 Å². The van der Waals surface area contributed by atoms with E-state index in [9.17, 15) is 19.8 Å². The number of ether oxygens (including phenoxy) is 2. The standard InChI is InChI=1S/C29H40O6/c1-16-12-25(35-27(33)19(16)15-34-4)18(14-30)21-9-8-20-17-13-24(31)23-6-5-7-26(32)29(23,3)22(17)10-11-28(20,21)2/h5-7,17-18,20-22,24-25,30-31H,8-15H2,1-4H3/t17?,18-,20?,21?,22?,24+,25+,28-,29+/m0/s1. The molecule has 9 atom stereocenters. The van der Waals surface area contributed by atoms with Crippen LogP contribution in [-0.4, -0.2) is 54.5 Å². The Hall–Kier alpha value is -1.76. The number of hydrogen-bond donors (Lipinski definition) is 2. The van der Waals surface area contributed by atoms with Gasteiger partial charge in [-0.3, -0.25) is 4.79 Å². The summed E-state index contributed by atoms with van der Waals surface area (Å²) in [4.78, 5) is 25.9. The Morgan fingerprint density at radius 1 is 1.20 bits per heavy atom. The largest absolute Gasteiger partial charge is 0.458 e. The fourth-order valence-corrected chi connectivity index (χ4v) is 8.96. The lowest BCUT2D eigenvalue weighted by atomic mass is 9.46. The maximum atomic E-state index is 13.1. The number of carbonyl (C=O) groups excluding carboxylic acids is 2. The molecule has 0 radical (unpaired) electrons. The molecule has 4 unspecified atom stereocenters. The molecule has 0 aromatic heterocycles. The molecule has 1 heterocycles. The van der Waals surface area contributed by atoms with Crippen molar-refractivity contribution < 1.29 is 29.3 Å². The molecule has 0 aromatic rings. The summed E-state index contributed by atoms with van der Waals surface area (Å²) in [6.07, 6.45) is 9.75. The van der Waals surface area contributed by atoms with Gasteiger partial charge in [0.1, 0.15) is 6.10 Å². The number of carbonyl (C=O) groups is 2. The molecule has 3 saturated carbocycles. The van der Waals surface area contributed by atoms with Gasteiger partial charge in [-0.05, 0) is 86.7 Å². The summed E-state index contributed by atoms with van der Waals surface area (Å²) < 4.78 is 11.1. The highest BCUT2D eigenvalue weighted by Crippen LogP contribution is 2.67. The Balaban J connectivity index is 1.41. The van der Waals surface area contributed by atoms with Crippen LogP contribution >= 0.6 is 0 Å². The quantitative estimate of drug-likeness (QED) is 0.577. The van der Waals surface area contributed by atoms with E-state index in [0.29, 0.717) is 24.3 Å². The second-order valence-electron chi connectivity index (χ2n) is 12.1. The number of ketones is 1. The lowest BCUT2D eigenvalue weighted by molar-refractivity contribution is -0.155. The smallest absolute Gasteiger partial charge is 0.336 e. The molecule has 6 heteroatoms. The van der Waals surface area contributed by atoms with Crippen molar-refractivity contribution in [2.45, 2.75) is 71.5 Å². The number of cyclic esters (lactones) is 1. The Bertz CT molecular complexity index is 993. The van der Waals surface area contributed by atoms with Crippen LogP contribution in [0.15, 0.2) is 34.9 Å². The Morgan fingerprint density at radius 2 is 1.97 bits per heavy atom. The topological polar surface area (TPSA) is 93.1 Å². The van der Waals surface area contributed by atoms with Gasteiger partial charge in [-0.2, -0.15) is 0 Å². The van der Waals surface area contributed by atoms with Crippen LogP contribution in [0.1, 0.15) is 59.3 Å². The zero-order chi connectivity index (χ0) is 25.1. The number of aliphatic hydroxyl groups is 2. The third kappa shape index (κ3) is 3.62. The van der Waals surface area contributed by atoms with Crippen molar-refractivity contribution >= 4 is 11.8 Å². The molecule has 5 rings (SSSR count). The molecule has 0 saturated heterocycles. The van der Waals surface area contributed by atoms with Crippen LogP contribution in [0.3, 0.4) is 0 Å². The number of esters is 1. The minimum Gasteiger partial charge on any atom is -0.458 e. The Morgan fingerprint density at radius 3 is 2.66 bits per heavy atom. The van der Waals surface area contributed by atoms with Crippen LogP contribution in [0.4, 0.5) is 0 Å². The highest BCUT2D eigenvalue weighted by atomic mass is 16.5. The Kier molecular flexibility index (Phi) is 6.38. The van der Waals surface area contributed by atoms with Gasteiger partial charge in [0, 0.05) is 26.1 Å². The summed E-state index contributed by atoms with van der Waals surface area (Å²) in [6, 6.07) is 0. The zero-order valence-electron chi connectivity index (χ0n) is 21.5. The van der Waals surface area contributed by atoms with Gasteiger partial charge >= 0.3 is 5.97 Å². The summed E-state index contributed by atoms with van der Waals surface area (Å²) >= 11 is 0. The molecule has 1 aliphatic heterocycles. The summed E-state index contributed by atoms with van der Waals surface area (Å²) in [5.41, 5.74) is 1.83. The molecule has 35 heavy (non-hydrogen) atoms. The first-order chi connectivity index (χ1) is 16.7. The molecule has 0 amide bonds. The predicted molar refractivity (Wildman–Crippen MR) is 131 cm³/mol. The first-order valence-corrected chi connectivity index (χ1v) is 13.3. The van der Waals surface area contributed by atoms with E-state index >= 15 is 0 Å². The molecule has 192 valence electrons. The van der Waals surface area contributed by atoms with Gasteiger partial charge < -0.3 is 19.7 Å². The van der Waals surface area contributed by atoms with Crippen molar-refractivity contribution in [3.05, 3.63) is 34.9 Å². The first-order valence-electron chi connectivity index (χ1n) is 13.3. The second-order valence-corrected chi connectivity index (χ2v) is 12.1. The van der Waals surface area contributed by atoms with Crippen LogP contribution in [0.2, 0.25) is 0 Å². The minimum absolute atomic E-state index is 0.0115. The van der Waals surface area contributed by atoms with E-state index in [0.717, 1.165) is 36.8 Å². The molecule has 2 N–H and O–H groups in total. The predicted octanol–water partition coefficient (Wildman–Crippen LogP) is 3.77. The fourth-order valence-electron chi connectivity index (χ4n) is 8.96. The molecule has 0 aromatic carbocycles. The van der Waals surface area contributed by atoms with Gasteiger partial charge in [0.2, 0.25) is 0 Å². The maximum Gasteiger partial charge on any atom is 0.336 e. The molecule has 0 spiro atoms. The Labute approximate surface area is 208 Å². The van der Waals surface area contributed by atoms with Gasteiger partial charge in [0.05, 0.1) is 23.7 Å². The number of allylic oxidation sites excluding steroid dienone is 3. The summed E-state index contributed by atoms with van der Waals surface area (Å²) in [5, 5.41) is 21.7. The second kappa shape index (κ2) is 8.97. The van der Waals surface area contributed by atoms with Crippen molar-refractivity contribution in [2.75, 3.05) is 20.3 Å². The van der Waals surface area contributed by atoms with Gasteiger partial charge in [-0.15, -0.1) is 0 Å². The van der Waals surface area contributed by atoms with E-state index in [2.05, 4.69) is 6.92 Å². The number of methoxy groups -OCH3 is 1. The highest BCUT2D eigenvalue weighted by molar-refractivity contribution is 5.99. The molecular formula is C29H40O6. The number of hydrogen-bond acceptors (Lipinski definition) is 6. The van der Waals surface area contributed by atoms with Gasteiger partial charge in [0.25, 0.3) is 0 Å². The first kappa shape index (κ1) is 24.9. The van der Waals surface area contributed by atoms with E-state index in [1.165, 1.54) is 0 Å². The monoisotopic (exact) mass is 484 g/mol. The van der Waals surface area contributed by atoms with E-state index in [1.54, 1.807) is 19.3 Å². The molecule has 3 fully saturated rings. The molecule has 6 nitrogen and oxygen atoms in total. The number of rotatable bonds is 5. The van der Waals surface area contributed by atoms with Crippen LogP contribution < -0.4 is 0 Å². The summed E-state index contributed by atoms with van der Waals surface area (Å²) in [5.74, 6) is 0.794. The third-order valence-electron chi connectivity index (χ3n) is 10.8. The highest BCUT2D eigenvalue weighted by Gasteiger charge is 2.63. The average molecular weight is 485 g/mol. The van der Waals surface area contributed by atoms with Crippen molar-refractivity contribution in [1.29, 1.82) is 0 Å². The summed E-state index contributed by atoms with van der Waals surface area (Å²) in [7, 11) is 1.57. The van der Waals surface area contributed by atoms with E-state index in [4.69, 9.17) is 9.47 Å². The number of fused-ring (bicyclic) bond motifs is 5. The van der Waals surface area contributed by atoms with Crippen LogP contribution in [0.5, 0.6) is 0 Å². The molecule has 5 aliphatic rings. The lowest BCUT2D eigenvalue weighted by Crippen LogP contribution is -2.56. The van der Waals surface area contributed by atoms with E-state index in [-0.39, 0.29) is 60.2 Å². The van der Waals surface area contributed by atoms with Crippen molar-refractivity contribution in [2.24, 2.45) is 40.4 Å². The molecule has 4 aliphatic carbocycles. The maximum absolute atomic E-state index is 13.1. The van der Waals surface area contributed by atoms with Gasteiger partial charge in [-0.1, -0.05) is 24.6 Å². The van der Waals surface area contributed by atoms with Crippen LogP contribution in [0, 0.1) is 40.4 Å². The van der Waals surface area contributed by atoms with Gasteiger partial charge in [-0.25, -0.2) is 4.79 Å². The van der Waals surface area contributed by atoms with Crippen molar-refractivity contribution in [3.8, 4) is 0 Å². The number of aliphatic hydroxyl groups excluding tert-OH is 2. The van der Waals surface area contributed by atoms with E-state index < -0.39 is 11.5 Å².